The third-order valence-electron chi connectivity index (χ3n) is 7.01. The van der Waals surface area contributed by atoms with E-state index in [0.29, 0.717) is 32.1 Å². The van der Waals surface area contributed by atoms with E-state index in [1.807, 2.05) is 0 Å². The van der Waals surface area contributed by atoms with Crippen molar-refractivity contribution in [2.24, 2.45) is 11.5 Å². The number of amides is 2. The number of hydrogen-bond donors (Lipinski definition) is 4. The Bertz CT molecular complexity index is 1540. The Morgan fingerprint density at radius 3 is 2.55 bits per heavy atom. The van der Waals surface area contributed by atoms with Gasteiger partial charge in [0.05, 0.1) is 25.3 Å². The molecule has 6 N–H and O–H groups in total. The van der Waals surface area contributed by atoms with E-state index in [4.69, 9.17) is 25.4 Å². The smallest absolute Gasteiger partial charge is 0.387 e. The van der Waals surface area contributed by atoms with Crippen LogP contribution in [0, 0.1) is 11.6 Å². The number of carbonyl (C=O) groups is 3. The van der Waals surface area contributed by atoms with E-state index in [1.165, 1.54) is 25.1 Å². The van der Waals surface area contributed by atoms with Gasteiger partial charge in [0, 0.05) is 30.2 Å². The quantitative estimate of drug-likeness (QED) is 0.104. The molecular weight excluding hydrogens is 654 g/mol. The van der Waals surface area contributed by atoms with Crippen LogP contribution in [-0.4, -0.2) is 61.6 Å². The number of benzene rings is 2. The number of unbranched alkanes of at least 4 members (excludes halogenated alkanes) is 1. The van der Waals surface area contributed by atoms with Crippen LogP contribution in [0.25, 0.3) is 11.5 Å². The highest BCUT2D eigenvalue weighted by Crippen LogP contribution is 2.36. The number of nitrogens with one attached hydrogen (secondary N) is 2. The third kappa shape index (κ3) is 9.63. The first kappa shape index (κ1) is 37.2. The summed E-state index contributed by atoms with van der Waals surface area (Å²) in [4.78, 5) is 40.6. The van der Waals surface area contributed by atoms with Crippen LogP contribution in [0.2, 0.25) is 0 Å². The largest absolute Gasteiger partial charge is 0.485 e. The lowest BCUT2D eigenvalue weighted by Crippen LogP contribution is -2.50. The highest BCUT2D eigenvalue weighted by molar-refractivity contribution is 5.97. The summed E-state index contributed by atoms with van der Waals surface area (Å²) in [6.45, 7) is -0.397. The molecule has 47 heavy (non-hydrogen) atoms. The second-order valence-corrected chi connectivity index (χ2v) is 10.4. The number of aldehydes is 1. The van der Waals surface area contributed by atoms with Gasteiger partial charge in [-0.2, -0.15) is 8.78 Å². The molecule has 1 fully saturated rings. The fourth-order valence-electron chi connectivity index (χ4n) is 4.82. The van der Waals surface area contributed by atoms with Gasteiger partial charge >= 0.3 is 6.61 Å². The summed E-state index contributed by atoms with van der Waals surface area (Å²) in [6, 6.07) is 3.33. The number of carbonyl (C=O) groups excluding carboxylic acids is 3. The van der Waals surface area contributed by atoms with Crippen LogP contribution in [0.5, 0.6) is 11.5 Å². The topological polar surface area (TPSA) is 181 Å². The van der Waals surface area contributed by atoms with Crippen LogP contribution in [0.15, 0.2) is 40.8 Å². The van der Waals surface area contributed by atoms with E-state index < -0.39 is 48.2 Å². The predicted molar refractivity (Wildman–Crippen MR) is 161 cm³/mol. The molecule has 3 unspecified atom stereocenters. The lowest BCUT2D eigenvalue weighted by molar-refractivity contribution is -0.120. The molecule has 4 rings (SSSR count). The van der Waals surface area contributed by atoms with E-state index in [9.17, 15) is 31.9 Å². The zero-order valence-corrected chi connectivity index (χ0v) is 25.9. The van der Waals surface area contributed by atoms with Gasteiger partial charge in [-0.3, -0.25) is 9.59 Å². The van der Waals surface area contributed by atoms with E-state index in [0.717, 1.165) is 18.4 Å². The average molecular weight is 688 g/mol. The lowest BCUT2D eigenvalue weighted by Gasteiger charge is -2.32. The summed E-state index contributed by atoms with van der Waals surface area (Å²) >= 11 is 0. The summed E-state index contributed by atoms with van der Waals surface area (Å²) in [6.07, 6.45) is 1.26. The monoisotopic (exact) mass is 687 g/mol. The van der Waals surface area contributed by atoms with Crippen LogP contribution >= 0.6 is 12.4 Å². The van der Waals surface area contributed by atoms with E-state index >= 15 is 0 Å². The zero-order chi connectivity index (χ0) is 33.4. The Labute approximate surface area is 272 Å². The number of nitrogens with zero attached hydrogens (tertiary/aromatic N) is 1. The fourth-order valence-corrected chi connectivity index (χ4v) is 4.82. The van der Waals surface area contributed by atoms with Crippen LogP contribution in [0.4, 0.5) is 17.6 Å². The molecule has 2 amide bonds. The molecule has 1 aliphatic rings. The molecule has 2 aromatic carbocycles. The van der Waals surface area contributed by atoms with Crippen molar-refractivity contribution in [2.45, 2.75) is 57.0 Å². The summed E-state index contributed by atoms with van der Waals surface area (Å²) in [5, 5.41) is 5.53. The molecule has 256 valence electrons. The van der Waals surface area contributed by atoms with Crippen molar-refractivity contribution in [3.63, 3.8) is 0 Å². The van der Waals surface area contributed by atoms with Crippen molar-refractivity contribution in [1.29, 1.82) is 0 Å². The Kier molecular flexibility index (Phi) is 13.5. The Balaban J connectivity index is 0.00000600. The normalized spacial score (nSPS) is 16.4. The standard InChI is InChI=1S/C30H33F4N5O7.ClH/c1-15(35)26-25(28(42)38-24(27(36)41)18-7-6-17(31)13-19(18)32)39-29(46-26)16-5-8-22(45-30(33)34)23(12-16)44-21(4-2-3-10-40)20-14-43-11-9-37-20;/h5-8,10,12-13,15,20-21,24,30,37H,2-4,9,11,14,35H2,1H3,(H2,36,41)(H,38,42);1H/t15-,20?,21?,24?;/m0./s1. The van der Waals surface area contributed by atoms with Crippen LogP contribution in [-0.2, 0) is 14.3 Å². The Morgan fingerprint density at radius 1 is 1.17 bits per heavy atom. The maximum absolute atomic E-state index is 14.4. The van der Waals surface area contributed by atoms with Crippen LogP contribution in [0.3, 0.4) is 0 Å². The molecule has 0 saturated carbocycles. The summed E-state index contributed by atoms with van der Waals surface area (Å²) < 4.78 is 76.7. The molecule has 17 heteroatoms. The molecule has 0 aliphatic carbocycles. The van der Waals surface area contributed by atoms with E-state index in [1.54, 1.807) is 0 Å². The van der Waals surface area contributed by atoms with E-state index in [2.05, 4.69) is 20.4 Å². The molecule has 12 nitrogen and oxygen atoms in total. The van der Waals surface area contributed by atoms with Gasteiger partial charge in [0.2, 0.25) is 11.8 Å². The van der Waals surface area contributed by atoms with Crippen molar-refractivity contribution in [2.75, 3.05) is 19.8 Å². The van der Waals surface area contributed by atoms with Crippen LogP contribution < -0.4 is 31.6 Å². The Morgan fingerprint density at radius 2 is 1.94 bits per heavy atom. The fraction of sp³-hybridized carbons (Fsp3) is 0.400. The van der Waals surface area contributed by atoms with Gasteiger partial charge in [0.15, 0.2) is 23.0 Å². The number of hydrogen-bond acceptors (Lipinski definition) is 10. The number of oxazole rings is 1. The molecule has 0 spiro atoms. The predicted octanol–water partition coefficient (Wildman–Crippen LogP) is 3.72. The number of nitrogens with two attached hydrogens (primary N) is 2. The molecule has 1 aromatic heterocycles. The first-order valence-electron chi connectivity index (χ1n) is 14.3. The maximum atomic E-state index is 14.4. The first-order chi connectivity index (χ1) is 22.0. The highest BCUT2D eigenvalue weighted by atomic mass is 35.5. The van der Waals surface area contributed by atoms with Crippen molar-refractivity contribution in [3.8, 4) is 23.0 Å². The number of primary amides is 1. The second kappa shape index (κ2) is 17.1. The number of rotatable bonds is 15. The highest BCUT2D eigenvalue weighted by Gasteiger charge is 2.31. The number of halogens is 5. The van der Waals surface area contributed by atoms with Crippen molar-refractivity contribution < 1.29 is 50.6 Å². The van der Waals surface area contributed by atoms with Gasteiger partial charge in [0.25, 0.3) is 5.91 Å². The van der Waals surface area contributed by atoms with Crippen LogP contribution in [0.1, 0.15) is 60.1 Å². The molecule has 1 saturated heterocycles. The molecular formula is C30H34ClF4N5O7. The Hall–Kier alpha value is -4.25. The number of alkyl halides is 2. The molecule has 0 bridgehead atoms. The molecule has 1 aliphatic heterocycles. The van der Waals surface area contributed by atoms with Gasteiger partial charge in [0.1, 0.15) is 30.1 Å². The molecule has 4 atom stereocenters. The number of aromatic nitrogens is 1. The van der Waals surface area contributed by atoms with Crippen molar-refractivity contribution in [3.05, 3.63) is 65.1 Å². The average Bonchev–Trinajstić information content (AvgIpc) is 3.47. The third-order valence-corrected chi connectivity index (χ3v) is 7.01. The van der Waals surface area contributed by atoms with Crippen molar-refractivity contribution >= 4 is 30.5 Å². The van der Waals surface area contributed by atoms with E-state index in [-0.39, 0.29) is 71.4 Å². The SMILES string of the molecule is C[C@H](N)c1oc(-c2ccc(OC(F)F)c(OC(CCCC=O)C3COCCN3)c2)nc1C(=O)NC(C(N)=O)c1ccc(F)cc1F.Cl. The molecule has 3 aromatic rings. The first-order valence-corrected chi connectivity index (χ1v) is 14.3. The number of ether oxygens (including phenoxy) is 3. The van der Waals surface area contributed by atoms with Gasteiger partial charge in [-0.05, 0) is 44.0 Å². The molecule has 0 radical (unpaired) electrons. The minimum atomic E-state index is -3.18. The summed E-state index contributed by atoms with van der Waals surface area (Å²) in [5.74, 6) is -4.86. The maximum Gasteiger partial charge on any atom is 0.387 e. The van der Waals surface area contributed by atoms with Crippen molar-refractivity contribution in [1.82, 2.24) is 15.6 Å². The van der Waals surface area contributed by atoms with Gasteiger partial charge in [-0.1, -0.05) is 6.07 Å². The van der Waals surface area contributed by atoms with Gasteiger partial charge in [-0.15, -0.1) is 12.4 Å². The minimum absolute atomic E-state index is 0. The second-order valence-electron chi connectivity index (χ2n) is 10.4. The van der Waals surface area contributed by atoms with Gasteiger partial charge in [-0.25, -0.2) is 13.8 Å². The minimum Gasteiger partial charge on any atom is -0.485 e. The van der Waals surface area contributed by atoms with Gasteiger partial charge < -0.3 is 45.5 Å². The lowest BCUT2D eigenvalue weighted by atomic mass is 10.0. The molecule has 2 heterocycles. The summed E-state index contributed by atoms with van der Waals surface area (Å²) in [5.41, 5.74) is 10.8. The summed E-state index contributed by atoms with van der Waals surface area (Å²) in [7, 11) is 0. The zero-order valence-electron chi connectivity index (χ0n) is 25.1. The number of morpholine rings is 1.